The van der Waals surface area contributed by atoms with E-state index >= 15 is 0 Å². The maximum Gasteiger partial charge on any atom is 0.342 e. The molecule has 0 aliphatic rings. The van der Waals surface area contributed by atoms with Crippen molar-refractivity contribution < 1.29 is 38.9 Å². The molecule has 0 amide bonds. The molecule has 9 nitrogen and oxygen atoms in total. The molecule has 0 aliphatic carbocycles. The molecule has 19 heavy (non-hydrogen) atoms. The second kappa shape index (κ2) is 5.18. The Morgan fingerprint density at radius 2 is 1.58 bits per heavy atom. The lowest BCUT2D eigenvalue weighted by Crippen LogP contribution is -2.14. The van der Waals surface area contributed by atoms with Gasteiger partial charge in [-0.25, -0.2) is 15.7 Å². The van der Waals surface area contributed by atoms with Crippen LogP contribution in [0.5, 0.6) is 0 Å². The monoisotopic (exact) mass is 404 g/mol. The SMILES string of the molecule is O=C(O)c1ccc(S(=O)(=O)O)c(C(=O)O)c1I(=O)=O. The molecule has 1 rings (SSSR count). The van der Waals surface area contributed by atoms with Crippen LogP contribution >= 0.6 is 19.8 Å². The van der Waals surface area contributed by atoms with Crippen LogP contribution in [0.15, 0.2) is 17.0 Å². The largest absolute Gasteiger partial charge is 0.478 e. The summed E-state index contributed by atoms with van der Waals surface area (Å²) in [6.07, 6.45) is 0. The zero-order chi connectivity index (χ0) is 15.0. The maximum absolute atomic E-state index is 11.1. The fourth-order valence-corrected chi connectivity index (χ4v) is 4.01. The molecule has 0 aliphatic heterocycles. The summed E-state index contributed by atoms with van der Waals surface area (Å²) in [4.78, 5) is 20.6. The minimum Gasteiger partial charge on any atom is -0.478 e. The average molecular weight is 404 g/mol. The van der Waals surface area contributed by atoms with Crippen LogP contribution in [0.3, 0.4) is 0 Å². The second-order valence-corrected chi connectivity index (χ2v) is 6.81. The van der Waals surface area contributed by atoms with E-state index in [0.29, 0.717) is 12.1 Å². The van der Waals surface area contributed by atoms with Crippen molar-refractivity contribution >= 4 is 41.8 Å². The van der Waals surface area contributed by atoms with Gasteiger partial charge in [0.2, 0.25) is 0 Å². The van der Waals surface area contributed by atoms with Gasteiger partial charge in [0.25, 0.3) is 10.1 Å². The Balaban J connectivity index is 4.02. The molecule has 0 atom stereocenters. The summed E-state index contributed by atoms with van der Waals surface area (Å²) in [6, 6.07) is 1.12. The number of carboxylic acid groups (broad SMARTS) is 2. The molecule has 104 valence electrons. The van der Waals surface area contributed by atoms with E-state index in [4.69, 9.17) is 14.8 Å². The predicted molar refractivity (Wildman–Crippen MR) is 64.3 cm³/mol. The molecule has 0 saturated carbocycles. The third-order valence-corrected chi connectivity index (χ3v) is 4.88. The minimum absolute atomic E-state index is 0.519. The van der Waals surface area contributed by atoms with Gasteiger partial charge in [0.15, 0.2) is 0 Å². The summed E-state index contributed by atoms with van der Waals surface area (Å²) >= 11 is -4.64. The maximum atomic E-state index is 11.1. The first-order valence-corrected chi connectivity index (χ1v) is 8.51. The predicted octanol–water partition coefficient (Wildman–Crippen LogP) is 0.697. The van der Waals surface area contributed by atoms with Crippen LogP contribution in [0, 0.1) is 3.57 Å². The van der Waals surface area contributed by atoms with Gasteiger partial charge in [-0.15, -0.1) is 0 Å². The van der Waals surface area contributed by atoms with Crippen LogP contribution in [0.4, 0.5) is 0 Å². The van der Waals surface area contributed by atoms with Crippen LogP contribution < -0.4 is 0 Å². The molecule has 0 unspecified atom stereocenters. The Labute approximate surface area is 112 Å². The van der Waals surface area contributed by atoms with Gasteiger partial charge in [-0.2, -0.15) is 8.42 Å². The standard InChI is InChI=1S/C8H5IO9S/c10-7(11)3-1-2-4(19(16,17)18)5(8(12)13)6(3)9(14)15/h1-2H,(H,10,11)(H,12,13)(H,16,17,18). The highest BCUT2D eigenvalue weighted by molar-refractivity contribution is 14.2. The van der Waals surface area contributed by atoms with Gasteiger partial charge in [0.1, 0.15) is 8.47 Å². The highest BCUT2D eigenvalue weighted by Crippen LogP contribution is 2.30. The van der Waals surface area contributed by atoms with E-state index in [-0.39, 0.29) is 0 Å². The second-order valence-electron chi connectivity index (χ2n) is 3.10. The summed E-state index contributed by atoms with van der Waals surface area (Å²) in [6.45, 7) is 0. The van der Waals surface area contributed by atoms with Gasteiger partial charge in [-0.3, -0.25) is 4.55 Å². The fourth-order valence-electron chi connectivity index (χ4n) is 1.30. The van der Waals surface area contributed by atoms with Crippen LogP contribution in [0.2, 0.25) is 0 Å². The van der Waals surface area contributed by atoms with E-state index in [1.54, 1.807) is 0 Å². The number of hydrogen-bond donors (Lipinski definition) is 3. The highest BCUT2D eigenvalue weighted by Gasteiger charge is 2.30. The molecule has 0 aromatic heterocycles. The molecular weight excluding hydrogens is 399 g/mol. The van der Waals surface area contributed by atoms with Crippen molar-refractivity contribution in [3.63, 3.8) is 0 Å². The minimum atomic E-state index is -5.00. The van der Waals surface area contributed by atoms with E-state index in [0.717, 1.165) is 0 Å². The van der Waals surface area contributed by atoms with Gasteiger partial charge in [-0.1, -0.05) is 0 Å². The molecule has 0 fully saturated rings. The van der Waals surface area contributed by atoms with E-state index in [1.165, 1.54) is 0 Å². The normalized spacial score (nSPS) is 11.5. The van der Waals surface area contributed by atoms with Crippen molar-refractivity contribution in [3.05, 3.63) is 26.8 Å². The zero-order valence-electron chi connectivity index (χ0n) is 8.73. The summed E-state index contributed by atoms with van der Waals surface area (Å²) in [5, 5.41) is 17.6. The van der Waals surface area contributed by atoms with Crippen molar-refractivity contribution in [2.24, 2.45) is 0 Å². The number of carboxylic acids is 2. The van der Waals surface area contributed by atoms with E-state index in [2.05, 4.69) is 0 Å². The Kier molecular flexibility index (Phi) is 4.21. The van der Waals surface area contributed by atoms with Crippen molar-refractivity contribution in [1.82, 2.24) is 0 Å². The molecule has 11 heteroatoms. The van der Waals surface area contributed by atoms with Crippen LogP contribution in [0.1, 0.15) is 20.7 Å². The quantitative estimate of drug-likeness (QED) is 0.484. The Hall–Kier alpha value is -1.60. The first-order valence-electron chi connectivity index (χ1n) is 4.23. The van der Waals surface area contributed by atoms with E-state index in [1.807, 2.05) is 0 Å². The van der Waals surface area contributed by atoms with Crippen LogP contribution in [-0.2, 0) is 16.3 Å². The lowest BCUT2D eigenvalue weighted by molar-refractivity contribution is 0.0690. The molecule has 3 N–H and O–H groups in total. The summed E-state index contributed by atoms with van der Waals surface area (Å²) < 4.78 is 51.8. The summed E-state index contributed by atoms with van der Waals surface area (Å²) in [7, 11) is -5.00. The zero-order valence-corrected chi connectivity index (χ0v) is 11.7. The molecule has 0 radical (unpaired) electrons. The first-order chi connectivity index (χ1) is 8.57. The third kappa shape index (κ3) is 3.05. The number of rotatable bonds is 4. The highest BCUT2D eigenvalue weighted by atomic mass is 127. The third-order valence-electron chi connectivity index (χ3n) is 1.98. The van der Waals surface area contributed by atoms with Crippen LogP contribution in [0.25, 0.3) is 0 Å². The topological polar surface area (TPSA) is 163 Å². The van der Waals surface area contributed by atoms with Crippen LogP contribution in [-0.4, -0.2) is 35.1 Å². The first kappa shape index (κ1) is 15.5. The number of halogens is 1. The van der Waals surface area contributed by atoms with Crippen molar-refractivity contribution in [2.75, 3.05) is 0 Å². The lowest BCUT2D eigenvalue weighted by atomic mass is 10.1. The number of benzene rings is 1. The number of aromatic carboxylic acids is 2. The van der Waals surface area contributed by atoms with Gasteiger partial charge in [-0.05, 0) is 12.1 Å². The van der Waals surface area contributed by atoms with Crippen molar-refractivity contribution in [3.8, 4) is 0 Å². The Morgan fingerprint density at radius 3 is 1.89 bits per heavy atom. The van der Waals surface area contributed by atoms with Gasteiger partial charge >= 0.3 is 31.7 Å². The van der Waals surface area contributed by atoms with Crippen molar-refractivity contribution in [2.45, 2.75) is 4.90 Å². The molecular formula is C8H5IO9S. The lowest BCUT2D eigenvalue weighted by Gasteiger charge is -2.07. The molecule has 0 bridgehead atoms. The number of carbonyl (C=O) groups is 2. The average Bonchev–Trinajstić information content (AvgIpc) is 2.25. The molecule has 0 heterocycles. The van der Waals surface area contributed by atoms with Gasteiger partial charge in [0.05, 0.1) is 11.1 Å². The Morgan fingerprint density at radius 1 is 1.05 bits per heavy atom. The van der Waals surface area contributed by atoms with Gasteiger partial charge < -0.3 is 10.2 Å². The molecule has 1 aromatic carbocycles. The van der Waals surface area contributed by atoms with E-state index in [9.17, 15) is 24.1 Å². The van der Waals surface area contributed by atoms with Gasteiger partial charge in [0, 0.05) is 0 Å². The smallest absolute Gasteiger partial charge is 0.342 e. The van der Waals surface area contributed by atoms with E-state index < -0.39 is 61.4 Å². The molecule has 1 aromatic rings. The summed E-state index contributed by atoms with van der Waals surface area (Å²) in [5.41, 5.74) is -2.13. The molecule has 0 saturated heterocycles. The van der Waals surface area contributed by atoms with Crippen molar-refractivity contribution in [1.29, 1.82) is 0 Å². The Bertz CT molecular complexity index is 736. The molecule has 0 spiro atoms. The number of hydrogen-bond acceptors (Lipinski definition) is 6. The summed E-state index contributed by atoms with van der Waals surface area (Å²) in [5.74, 6) is -3.70. The fraction of sp³-hybridized carbons (Fsp3) is 0.